The number of Topliss-reactive ketones (excluding diaryl/α,β-unsaturated/α-hetero) is 1. The van der Waals surface area contributed by atoms with E-state index in [1.54, 1.807) is 44.4 Å². The number of benzene rings is 1. The molecular formula is C34H50N6O8. The monoisotopic (exact) mass is 670 g/mol. The van der Waals surface area contributed by atoms with E-state index < -0.39 is 60.3 Å². The zero-order chi connectivity index (χ0) is 35.2. The molecule has 2 aliphatic rings. The van der Waals surface area contributed by atoms with Gasteiger partial charge in [0.15, 0.2) is 0 Å². The van der Waals surface area contributed by atoms with E-state index >= 15 is 0 Å². The van der Waals surface area contributed by atoms with E-state index in [1.165, 1.54) is 9.80 Å². The van der Waals surface area contributed by atoms with Crippen LogP contribution in [-0.4, -0.2) is 103 Å². The van der Waals surface area contributed by atoms with Gasteiger partial charge in [-0.15, -0.1) is 0 Å². The van der Waals surface area contributed by atoms with Crippen molar-refractivity contribution in [2.24, 2.45) is 5.92 Å². The van der Waals surface area contributed by atoms with E-state index in [0.29, 0.717) is 44.2 Å². The van der Waals surface area contributed by atoms with Crippen molar-refractivity contribution in [3.05, 3.63) is 35.9 Å². The van der Waals surface area contributed by atoms with Crippen LogP contribution >= 0.6 is 0 Å². The van der Waals surface area contributed by atoms with Crippen LogP contribution in [-0.2, 0) is 33.5 Å². The minimum Gasteiger partial charge on any atom is -0.449 e. The Bertz CT molecular complexity index is 1300. The molecule has 1 aromatic carbocycles. The van der Waals surface area contributed by atoms with E-state index in [2.05, 4.69) is 21.3 Å². The van der Waals surface area contributed by atoms with Crippen molar-refractivity contribution in [1.29, 1.82) is 0 Å². The largest absolute Gasteiger partial charge is 0.449 e. The molecule has 2 aliphatic heterocycles. The van der Waals surface area contributed by atoms with Crippen molar-refractivity contribution >= 4 is 41.4 Å². The van der Waals surface area contributed by atoms with Gasteiger partial charge in [0, 0.05) is 20.6 Å². The number of ether oxygens (including phenoxy) is 1. The topological polar surface area (TPSA) is 183 Å². The van der Waals surface area contributed by atoms with Gasteiger partial charge in [0.25, 0.3) is 5.91 Å². The third kappa shape index (κ3) is 11.3. The molecule has 0 saturated carbocycles. The summed E-state index contributed by atoms with van der Waals surface area (Å²) in [7, 11) is 3.12. The van der Waals surface area contributed by atoms with E-state index in [4.69, 9.17) is 4.74 Å². The molecule has 0 bridgehead atoms. The fraction of sp³-hybridized carbons (Fsp3) is 0.618. The molecule has 0 radical (unpaired) electrons. The van der Waals surface area contributed by atoms with Crippen molar-refractivity contribution in [3.8, 4) is 0 Å². The summed E-state index contributed by atoms with van der Waals surface area (Å²) in [4.78, 5) is 94.2. The van der Waals surface area contributed by atoms with Crippen LogP contribution in [0.3, 0.4) is 0 Å². The molecule has 2 heterocycles. The van der Waals surface area contributed by atoms with Gasteiger partial charge in [-0.1, -0.05) is 76.3 Å². The molecule has 4 N–H and O–H groups in total. The molecule has 4 atom stereocenters. The fourth-order valence-electron chi connectivity index (χ4n) is 5.76. The summed E-state index contributed by atoms with van der Waals surface area (Å²) in [6.45, 7) is 3.77. The van der Waals surface area contributed by atoms with Crippen LogP contribution in [0.25, 0.3) is 0 Å². The lowest BCUT2D eigenvalue weighted by atomic mass is 9.99. The van der Waals surface area contributed by atoms with Gasteiger partial charge in [-0.2, -0.15) is 0 Å². The number of amides is 6. The average molecular weight is 671 g/mol. The molecule has 0 aliphatic carbocycles. The number of nitrogens with zero attached hydrogens (tertiary/aromatic N) is 2. The predicted octanol–water partition coefficient (Wildman–Crippen LogP) is 1.59. The summed E-state index contributed by atoms with van der Waals surface area (Å²) in [5.41, 5.74) is 0.557. The minimum absolute atomic E-state index is 0.128. The molecule has 6 amide bonds. The van der Waals surface area contributed by atoms with Crippen molar-refractivity contribution in [1.82, 2.24) is 31.1 Å². The van der Waals surface area contributed by atoms with Crippen LogP contribution in [0.2, 0.25) is 0 Å². The maximum atomic E-state index is 13.6. The summed E-state index contributed by atoms with van der Waals surface area (Å²) < 4.78 is 5.24. The van der Waals surface area contributed by atoms with Crippen LogP contribution in [0.15, 0.2) is 30.3 Å². The minimum atomic E-state index is -1.16. The number of carbonyl (C=O) groups is 7. The second-order valence-electron chi connectivity index (χ2n) is 13.0. The van der Waals surface area contributed by atoms with Gasteiger partial charge in [-0.25, -0.2) is 4.79 Å². The standard InChI is InChI=1S/C34H50N6O8/c1-22(2)21-48-34(47)37-25-17-12-7-5-6-11-16-24(36-30(43)26-18-13-19-40(26)32(25)45)29(42)31(44)35-20-27(41)38-28(33(46)39(3)4)23-14-9-8-10-15-23/h8-10,14-15,22,24-26,28H,5-7,11-13,16-21H2,1-4H3,(H,35,44)(H,36,43)(H,37,47)(H,38,41)/t24?,25-,26-,28-/m0/s1. The summed E-state index contributed by atoms with van der Waals surface area (Å²) in [5.74, 6) is -3.82. The molecule has 264 valence electrons. The maximum Gasteiger partial charge on any atom is 0.407 e. The van der Waals surface area contributed by atoms with E-state index in [0.717, 1.165) is 19.3 Å². The molecule has 14 heteroatoms. The van der Waals surface area contributed by atoms with Crippen LogP contribution in [0.1, 0.15) is 83.2 Å². The second-order valence-corrected chi connectivity index (χ2v) is 13.0. The molecular weight excluding hydrogens is 620 g/mol. The Labute approximate surface area is 282 Å². The first-order valence-corrected chi connectivity index (χ1v) is 16.8. The smallest absolute Gasteiger partial charge is 0.407 e. The highest BCUT2D eigenvalue weighted by Crippen LogP contribution is 2.22. The number of ketones is 1. The lowest BCUT2D eigenvalue weighted by Crippen LogP contribution is -2.56. The highest BCUT2D eigenvalue weighted by Gasteiger charge is 2.39. The molecule has 2 fully saturated rings. The third-order valence-electron chi connectivity index (χ3n) is 8.35. The number of fused-ring (bicyclic) bond motifs is 1. The van der Waals surface area contributed by atoms with Gasteiger partial charge < -0.3 is 35.8 Å². The van der Waals surface area contributed by atoms with Gasteiger partial charge >= 0.3 is 6.09 Å². The highest BCUT2D eigenvalue weighted by molar-refractivity contribution is 6.38. The number of likely N-dealkylation sites (N-methyl/N-ethyl adjacent to an activating group) is 1. The van der Waals surface area contributed by atoms with E-state index in [1.807, 2.05) is 13.8 Å². The normalized spacial score (nSPS) is 21.2. The summed E-state index contributed by atoms with van der Waals surface area (Å²) in [6, 6.07) is 4.77. The Morgan fingerprint density at radius 3 is 2.27 bits per heavy atom. The third-order valence-corrected chi connectivity index (χ3v) is 8.35. The number of nitrogens with one attached hydrogen (secondary N) is 4. The Balaban J connectivity index is 1.66. The molecule has 0 aromatic heterocycles. The highest BCUT2D eigenvalue weighted by atomic mass is 16.5. The summed E-state index contributed by atoms with van der Waals surface area (Å²) in [6.07, 6.45) is 4.39. The molecule has 48 heavy (non-hydrogen) atoms. The van der Waals surface area contributed by atoms with Gasteiger partial charge in [0.1, 0.15) is 18.1 Å². The first-order chi connectivity index (χ1) is 22.9. The van der Waals surface area contributed by atoms with E-state index in [9.17, 15) is 33.6 Å². The number of hydrogen-bond donors (Lipinski definition) is 4. The summed E-state index contributed by atoms with van der Waals surface area (Å²) in [5, 5.41) is 10.3. The molecule has 1 unspecified atom stereocenters. The van der Waals surface area contributed by atoms with Crippen LogP contribution in [0.5, 0.6) is 0 Å². The lowest BCUT2D eigenvalue weighted by molar-refractivity contribution is -0.143. The van der Waals surface area contributed by atoms with E-state index in [-0.39, 0.29) is 30.8 Å². The van der Waals surface area contributed by atoms with Crippen molar-refractivity contribution in [2.75, 3.05) is 33.8 Å². The maximum absolute atomic E-state index is 13.6. The zero-order valence-electron chi connectivity index (χ0n) is 28.4. The molecule has 1 aromatic rings. The van der Waals surface area contributed by atoms with Crippen molar-refractivity contribution in [3.63, 3.8) is 0 Å². The number of carbonyl (C=O) groups excluding carboxylic acids is 7. The fourth-order valence-corrected chi connectivity index (χ4v) is 5.76. The number of rotatable bonds is 10. The number of hydrogen-bond acceptors (Lipinski definition) is 8. The van der Waals surface area contributed by atoms with Gasteiger partial charge in [0.05, 0.1) is 19.2 Å². The Kier molecular flexibility index (Phi) is 14.8. The predicted molar refractivity (Wildman–Crippen MR) is 176 cm³/mol. The zero-order valence-corrected chi connectivity index (χ0v) is 28.4. The molecule has 0 spiro atoms. The van der Waals surface area contributed by atoms with Crippen molar-refractivity contribution in [2.45, 2.75) is 95.8 Å². The molecule has 14 nitrogen and oxygen atoms in total. The second kappa shape index (κ2) is 18.7. The molecule has 3 rings (SSSR count). The average Bonchev–Trinajstić information content (AvgIpc) is 3.56. The summed E-state index contributed by atoms with van der Waals surface area (Å²) >= 11 is 0. The van der Waals surface area contributed by atoms with Crippen LogP contribution < -0.4 is 21.3 Å². The quantitative estimate of drug-likeness (QED) is 0.271. The van der Waals surface area contributed by atoms with Gasteiger partial charge in [-0.05, 0) is 37.2 Å². The Hall–Kier alpha value is -4.49. The van der Waals surface area contributed by atoms with Gasteiger partial charge in [0.2, 0.25) is 29.4 Å². The first-order valence-electron chi connectivity index (χ1n) is 16.8. The number of alkyl carbamates (subject to hydrolysis) is 1. The van der Waals surface area contributed by atoms with Crippen LogP contribution in [0.4, 0.5) is 4.79 Å². The van der Waals surface area contributed by atoms with Crippen molar-refractivity contribution < 1.29 is 38.3 Å². The lowest BCUT2D eigenvalue weighted by Gasteiger charge is -2.30. The first kappa shape index (κ1) is 38.0. The van der Waals surface area contributed by atoms with Crippen LogP contribution in [0, 0.1) is 5.92 Å². The SMILES string of the molecule is CC(C)COC(=O)N[C@H]1CCCCCCCC(C(=O)C(=O)NCC(=O)N[C@H](C(=O)N(C)C)c2ccccc2)NC(=O)[C@@H]2CCCN2C1=O. The molecule has 2 saturated heterocycles. The Morgan fingerprint density at radius 2 is 1.60 bits per heavy atom. The Morgan fingerprint density at radius 1 is 0.938 bits per heavy atom. The van der Waals surface area contributed by atoms with Gasteiger partial charge in [-0.3, -0.25) is 28.8 Å².